The van der Waals surface area contributed by atoms with Gasteiger partial charge in [-0.05, 0) is 35.9 Å². The van der Waals surface area contributed by atoms with Crippen molar-refractivity contribution >= 4 is 45.1 Å². The van der Waals surface area contributed by atoms with Crippen molar-refractivity contribution in [3.63, 3.8) is 0 Å². The fourth-order valence-electron chi connectivity index (χ4n) is 1.79. The van der Waals surface area contributed by atoms with Gasteiger partial charge >= 0.3 is 5.97 Å². The Hall–Kier alpha value is -1.85. The van der Waals surface area contributed by atoms with Crippen LogP contribution < -0.4 is 5.32 Å². The van der Waals surface area contributed by atoms with E-state index in [0.29, 0.717) is 9.50 Å². The summed E-state index contributed by atoms with van der Waals surface area (Å²) in [5.74, 6) is -1.39. The van der Waals surface area contributed by atoms with E-state index in [1.54, 1.807) is 36.4 Å². The maximum atomic E-state index is 12.0. The summed E-state index contributed by atoms with van der Waals surface area (Å²) in [5.41, 5.74) is 1.10. The van der Waals surface area contributed by atoms with Crippen LogP contribution in [0.4, 0.5) is 5.69 Å². The third-order valence-electron chi connectivity index (χ3n) is 2.76. The minimum Gasteiger partial charge on any atom is -0.478 e. The molecule has 2 N–H and O–H groups in total. The summed E-state index contributed by atoms with van der Waals surface area (Å²) in [7, 11) is 0. The number of rotatable bonds is 4. The first kappa shape index (κ1) is 15.5. The average molecular weight is 369 g/mol. The van der Waals surface area contributed by atoms with Crippen LogP contribution in [0.2, 0.25) is 5.02 Å². The second-order valence-electron chi connectivity index (χ2n) is 4.35. The van der Waals surface area contributed by atoms with Crippen molar-refractivity contribution < 1.29 is 14.7 Å². The smallest absolute Gasteiger partial charge is 0.337 e. The summed E-state index contributed by atoms with van der Waals surface area (Å²) in [6.07, 6.45) is 0.142. The first-order valence-corrected chi connectivity index (χ1v) is 7.20. The standard InChI is InChI=1S/C15H11BrClNO3/c16-10-3-6-12(15(20)21)13(8-10)18-14(19)7-9-1-4-11(17)5-2-9/h1-6,8H,7H2,(H,18,19)(H,20,21). The molecule has 0 spiro atoms. The van der Waals surface area contributed by atoms with Gasteiger partial charge in [-0.15, -0.1) is 0 Å². The van der Waals surface area contributed by atoms with Crippen molar-refractivity contribution in [2.45, 2.75) is 6.42 Å². The Kier molecular flexibility index (Phi) is 4.98. The Labute approximate surface area is 134 Å². The lowest BCUT2D eigenvalue weighted by Crippen LogP contribution is -2.16. The molecule has 0 atom stereocenters. The van der Waals surface area contributed by atoms with E-state index < -0.39 is 5.97 Å². The van der Waals surface area contributed by atoms with Gasteiger partial charge < -0.3 is 10.4 Å². The summed E-state index contributed by atoms with van der Waals surface area (Å²) in [5, 5.41) is 12.3. The Morgan fingerprint density at radius 2 is 1.81 bits per heavy atom. The molecule has 2 rings (SSSR count). The molecule has 2 aromatic rings. The Morgan fingerprint density at radius 3 is 2.43 bits per heavy atom. The monoisotopic (exact) mass is 367 g/mol. The van der Waals surface area contributed by atoms with Gasteiger partial charge in [0.25, 0.3) is 0 Å². The molecule has 0 aliphatic rings. The van der Waals surface area contributed by atoms with Crippen LogP contribution in [0.25, 0.3) is 0 Å². The molecule has 0 unspecified atom stereocenters. The third-order valence-corrected chi connectivity index (χ3v) is 3.51. The molecule has 6 heteroatoms. The van der Waals surface area contributed by atoms with Crippen molar-refractivity contribution in [2.75, 3.05) is 5.32 Å². The van der Waals surface area contributed by atoms with Gasteiger partial charge in [-0.3, -0.25) is 4.79 Å². The molecule has 0 fully saturated rings. The number of halogens is 2. The third kappa shape index (κ3) is 4.31. The molecule has 0 aromatic heterocycles. The number of anilines is 1. The SMILES string of the molecule is O=C(Cc1ccc(Cl)cc1)Nc1cc(Br)ccc1C(=O)O. The first-order valence-electron chi connectivity index (χ1n) is 6.03. The van der Waals surface area contributed by atoms with Crippen molar-refractivity contribution in [1.29, 1.82) is 0 Å². The van der Waals surface area contributed by atoms with E-state index in [4.69, 9.17) is 16.7 Å². The van der Waals surface area contributed by atoms with Crippen LogP contribution in [0.5, 0.6) is 0 Å². The fraction of sp³-hybridized carbons (Fsp3) is 0.0667. The van der Waals surface area contributed by atoms with Gasteiger partial charge in [0.2, 0.25) is 5.91 Å². The lowest BCUT2D eigenvalue weighted by Gasteiger charge is -2.09. The molecule has 1 amide bonds. The van der Waals surface area contributed by atoms with Crippen LogP contribution in [-0.2, 0) is 11.2 Å². The number of carboxylic acid groups (broad SMARTS) is 1. The predicted molar refractivity (Wildman–Crippen MR) is 84.9 cm³/mol. The highest BCUT2D eigenvalue weighted by Gasteiger charge is 2.13. The number of nitrogens with one attached hydrogen (secondary N) is 1. The van der Waals surface area contributed by atoms with Crippen LogP contribution in [0.3, 0.4) is 0 Å². The van der Waals surface area contributed by atoms with E-state index in [2.05, 4.69) is 21.2 Å². The van der Waals surface area contributed by atoms with Crippen LogP contribution >= 0.6 is 27.5 Å². The summed E-state index contributed by atoms with van der Waals surface area (Å²) < 4.78 is 0.689. The summed E-state index contributed by atoms with van der Waals surface area (Å²) in [6, 6.07) is 11.5. The number of carbonyl (C=O) groups excluding carboxylic acids is 1. The number of amides is 1. The number of benzene rings is 2. The summed E-state index contributed by atoms with van der Waals surface area (Å²) in [6.45, 7) is 0. The molecule has 108 valence electrons. The van der Waals surface area contributed by atoms with E-state index in [1.165, 1.54) is 6.07 Å². The molecule has 0 aliphatic carbocycles. The molecular weight excluding hydrogens is 358 g/mol. The molecule has 2 aromatic carbocycles. The molecule has 0 saturated heterocycles. The molecule has 0 radical (unpaired) electrons. The second-order valence-corrected chi connectivity index (χ2v) is 5.70. The molecular formula is C15H11BrClNO3. The average Bonchev–Trinajstić information content (AvgIpc) is 2.41. The highest BCUT2D eigenvalue weighted by atomic mass is 79.9. The molecule has 4 nitrogen and oxygen atoms in total. The Morgan fingerprint density at radius 1 is 1.14 bits per heavy atom. The highest BCUT2D eigenvalue weighted by molar-refractivity contribution is 9.10. The van der Waals surface area contributed by atoms with Crippen LogP contribution in [0.15, 0.2) is 46.9 Å². The first-order chi connectivity index (χ1) is 9.95. The topological polar surface area (TPSA) is 66.4 Å². The number of aromatic carboxylic acids is 1. The Balaban J connectivity index is 2.14. The molecule has 0 heterocycles. The molecule has 21 heavy (non-hydrogen) atoms. The second kappa shape index (κ2) is 6.74. The zero-order valence-electron chi connectivity index (χ0n) is 10.8. The molecule has 0 aliphatic heterocycles. The number of hydrogen-bond acceptors (Lipinski definition) is 2. The van der Waals surface area contributed by atoms with Crippen molar-refractivity contribution in [3.8, 4) is 0 Å². The molecule has 0 saturated carbocycles. The lowest BCUT2D eigenvalue weighted by atomic mass is 10.1. The normalized spacial score (nSPS) is 10.2. The zero-order valence-corrected chi connectivity index (χ0v) is 13.1. The van der Waals surface area contributed by atoms with Crippen molar-refractivity contribution in [3.05, 3.63) is 63.1 Å². The quantitative estimate of drug-likeness (QED) is 0.858. The van der Waals surface area contributed by atoms with Gasteiger partial charge in [-0.2, -0.15) is 0 Å². The fourth-order valence-corrected chi connectivity index (χ4v) is 2.28. The lowest BCUT2D eigenvalue weighted by molar-refractivity contribution is -0.115. The minimum atomic E-state index is -1.09. The highest BCUT2D eigenvalue weighted by Crippen LogP contribution is 2.22. The van der Waals surface area contributed by atoms with Gasteiger partial charge in [0.15, 0.2) is 0 Å². The van der Waals surface area contributed by atoms with E-state index in [0.717, 1.165) is 5.56 Å². The van der Waals surface area contributed by atoms with E-state index in [1.807, 2.05) is 0 Å². The van der Waals surface area contributed by atoms with Crippen LogP contribution in [0, 0.1) is 0 Å². The maximum Gasteiger partial charge on any atom is 0.337 e. The molecule has 0 bridgehead atoms. The summed E-state index contributed by atoms with van der Waals surface area (Å²) in [4.78, 5) is 23.1. The van der Waals surface area contributed by atoms with E-state index >= 15 is 0 Å². The number of carboxylic acids is 1. The minimum absolute atomic E-state index is 0.0441. The largest absolute Gasteiger partial charge is 0.478 e. The maximum absolute atomic E-state index is 12.0. The Bertz CT molecular complexity index is 686. The van der Waals surface area contributed by atoms with Crippen LogP contribution in [-0.4, -0.2) is 17.0 Å². The van der Waals surface area contributed by atoms with E-state index in [-0.39, 0.29) is 23.6 Å². The zero-order chi connectivity index (χ0) is 15.4. The van der Waals surface area contributed by atoms with E-state index in [9.17, 15) is 9.59 Å². The number of hydrogen-bond donors (Lipinski definition) is 2. The predicted octanol–water partition coefficient (Wildman–Crippen LogP) is 3.98. The van der Waals surface area contributed by atoms with Gasteiger partial charge in [-0.25, -0.2) is 4.79 Å². The van der Waals surface area contributed by atoms with Gasteiger partial charge in [0.05, 0.1) is 17.7 Å². The van der Waals surface area contributed by atoms with Gasteiger partial charge in [0, 0.05) is 9.50 Å². The van der Waals surface area contributed by atoms with Gasteiger partial charge in [-0.1, -0.05) is 39.7 Å². The van der Waals surface area contributed by atoms with Crippen LogP contribution in [0.1, 0.15) is 15.9 Å². The summed E-state index contributed by atoms with van der Waals surface area (Å²) >= 11 is 9.03. The number of carbonyl (C=O) groups is 2. The van der Waals surface area contributed by atoms with Crippen molar-refractivity contribution in [1.82, 2.24) is 0 Å². The van der Waals surface area contributed by atoms with Crippen molar-refractivity contribution in [2.24, 2.45) is 0 Å². The van der Waals surface area contributed by atoms with Gasteiger partial charge in [0.1, 0.15) is 0 Å².